The molecule has 0 aliphatic rings. The Morgan fingerprint density at radius 3 is 2.93 bits per heavy atom. The maximum atomic E-state index is 10.9. The molecule has 0 aliphatic heterocycles. The molecule has 0 spiro atoms. The lowest BCUT2D eigenvalue weighted by Gasteiger charge is -1.97. The molecule has 0 saturated carbocycles. The van der Waals surface area contributed by atoms with Gasteiger partial charge in [-0.1, -0.05) is 12.1 Å². The van der Waals surface area contributed by atoms with Crippen molar-refractivity contribution in [3.63, 3.8) is 0 Å². The summed E-state index contributed by atoms with van der Waals surface area (Å²) in [6.07, 6.45) is 1.27. The number of hydrogen-bond donors (Lipinski definition) is 0. The van der Waals surface area contributed by atoms with Crippen LogP contribution in [-0.2, 0) is 14.8 Å². The van der Waals surface area contributed by atoms with Crippen molar-refractivity contribution in [3.05, 3.63) is 30.2 Å². The number of benzene rings is 1. The minimum Gasteiger partial charge on any atom is -0.443 e. The van der Waals surface area contributed by atoms with Gasteiger partial charge in [0.2, 0.25) is 9.05 Å². The van der Waals surface area contributed by atoms with E-state index in [9.17, 15) is 8.42 Å². The summed E-state index contributed by atoms with van der Waals surface area (Å²) in [5.41, 5.74) is 1.64. The first-order chi connectivity index (χ1) is 6.56. The predicted molar refractivity (Wildman–Crippen MR) is 52.5 cm³/mol. The Balaban J connectivity index is 2.57. The van der Waals surface area contributed by atoms with E-state index in [2.05, 4.69) is 4.98 Å². The smallest absolute Gasteiger partial charge is 0.236 e. The molecule has 6 heteroatoms. The number of oxazole rings is 1. The van der Waals surface area contributed by atoms with Crippen LogP contribution in [0.5, 0.6) is 0 Å². The zero-order valence-corrected chi connectivity index (χ0v) is 8.55. The molecule has 0 fully saturated rings. The zero-order chi connectivity index (χ0) is 10.2. The molecule has 0 radical (unpaired) electrons. The summed E-state index contributed by atoms with van der Waals surface area (Å²) in [5, 5.41) is 0. The molecule has 74 valence electrons. The van der Waals surface area contributed by atoms with Gasteiger partial charge >= 0.3 is 0 Å². The Bertz CT molecular complexity index is 561. The first kappa shape index (κ1) is 9.48. The Labute approximate surface area is 84.9 Å². The van der Waals surface area contributed by atoms with Gasteiger partial charge in [-0.3, -0.25) is 0 Å². The fourth-order valence-electron chi connectivity index (χ4n) is 1.25. The van der Waals surface area contributed by atoms with E-state index in [1.54, 1.807) is 18.2 Å². The molecule has 0 saturated heterocycles. The third-order valence-electron chi connectivity index (χ3n) is 1.77. The van der Waals surface area contributed by atoms with E-state index < -0.39 is 9.05 Å². The van der Waals surface area contributed by atoms with E-state index in [-0.39, 0.29) is 5.75 Å². The van der Waals surface area contributed by atoms with Crippen LogP contribution >= 0.6 is 10.7 Å². The lowest BCUT2D eigenvalue weighted by Crippen LogP contribution is -1.95. The van der Waals surface area contributed by atoms with Crippen molar-refractivity contribution in [2.45, 2.75) is 5.75 Å². The van der Waals surface area contributed by atoms with Crippen LogP contribution in [0.2, 0.25) is 0 Å². The SMILES string of the molecule is O=S(=O)(Cl)Cc1cccc2ocnc12. The van der Waals surface area contributed by atoms with Gasteiger partial charge in [-0.2, -0.15) is 0 Å². The highest BCUT2D eigenvalue weighted by Gasteiger charge is 2.11. The van der Waals surface area contributed by atoms with Crippen molar-refractivity contribution >= 4 is 30.8 Å². The summed E-state index contributed by atoms with van der Waals surface area (Å²) in [4.78, 5) is 3.91. The Morgan fingerprint density at radius 2 is 2.21 bits per heavy atom. The maximum absolute atomic E-state index is 10.9. The number of nitrogens with zero attached hydrogens (tertiary/aromatic N) is 1. The molecular weight excluding hydrogens is 226 g/mol. The minimum atomic E-state index is -3.56. The molecule has 1 aromatic heterocycles. The van der Waals surface area contributed by atoms with Crippen molar-refractivity contribution in [1.29, 1.82) is 0 Å². The summed E-state index contributed by atoms with van der Waals surface area (Å²) >= 11 is 0. The van der Waals surface area contributed by atoms with E-state index >= 15 is 0 Å². The van der Waals surface area contributed by atoms with Crippen LogP contribution in [0, 0.1) is 0 Å². The van der Waals surface area contributed by atoms with Crippen LogP contribution < -0.4 is 0 Å². The second kappa shape index (κ2) is 3.25. The van der Waals surface area contributed by atoms with Crippen molar-refractivity contribution in [2.24, 2.45) is 0 Å². The number of fused-ring (bicyclic) bond motifs is 1. The molecule has 0 bridgehead atoms. The standard InChI is InChI=1S/C8H6ClNO3S/c9-14(11,12)4-6-2-1-3-7-8(6)10-5-13-7/h1-3,5H,4H2. The topological polar surface area (TPSA) is 60.2 Å². The molecule has 0 unspecified atom stereocenters. The molecule has 1 aromatic carbocycles. The Kier molecular flexibility index (Phi) is 2.20. The van der Waals surface area contributed by atoms with Gasteiger partial charge in [-0.15, -0.1) is 0 Å². The fraction of sp³-hybridized carbons (Fsp3) is 0.125. The van der Waals surface area contributed by atoms with Gasteiger partial charge in [-0.25, -0.2) is 13.4 Å². The molecule has 0 amide bonds. The van der Waals surface area contributed by atoms with Crippen molar-refractivity contribution in [2.75, 3.05) is 0 Å². The highest BCUT2D eigenvalue weighted by atomic mass is 35.7. The van der Waals surface area contributed by atoms with E-state index in [1.807, 2.05) is 0 Å². The van der Waals surface area contributed by atoms with Crippen LogP contribution in [0.1, 0.15) is 5.56 Å². The number of hydrogen-bond acceptors (Lipinski definition) is 4. The first-order valence-corrected chi connectivity index (χ1v) is 6.27. The van der Waals surface area contributed by atoms with Crippen molar-refractivity contribution in [1.82, 2.24) is 4.98 Å². The van der Waals surface area contributed by atoms with Crippen LogP contribution in [-0.4, -0.2) is 13.4 Å². The summed E-state index contributed by atoms with van der Waals surface area (Å²) in [5.74, 6) is -0.238. The van der Waals surface area contributed by atoms with Crippen molar-refractivity contribution in [3.8, 4) is 0 Å². The second-order valence-electron chi connectivity index (χ2n) is 2.80. The second-order valence-corrected chi connectivity index (χ2v) is 5.58. The van der Waals surface area contributed by atoms with Gasteiger partial charge in [0.05, 0.1) is 5.75 Å². The van der Waals surface area contributed by atoms with E-state index in [4.69, 9.17) is 15.1 Å². The van der Waals surface area contributed by atoms with Gasteiger partial charge in [-0.05, 0) is 11.6 Å². The van der Waals surface area contributed by atoms with Gasteiger partial charge < -0.3 is 4.42 Å². The predicted octanol–water partition coefficient (Wildman–Crippen LogP) is 1.90. The van der Waals surface area contributed by atoms with E-state index in [0.717, 1.165) is 0 Å². The molecule has 4 nitrogen and oxygen atoms in total. The van der Waals surface area contributed by atoms with Gasteiger partial charge in [0.25, 0.3) is 0 Å². The number of aromatic nitrogens is 1. The third-order valence-corrected chi connectivity index (χ3v) is 2.76. The average molecular weight is 232 g/mol. The molecule has 0 atom stereocenters. The monoisotopic (exact) mass is 231 g/mol. The highest BCUT2D eigenvalue weighted by Crippen LogP contribution is 2.20. The Hall–Kier alpha value is -1.07. The van der Waals surface area contributed by atoms with Crippen LogP contribution in [0.4, 0.5) is 0 Å². The highest BCUT2D eigenvalue weighted by molar-refractivity contribution is 8.13. The molecule has 1 heterocycles. The van der Waals surface area contributed by atoms with E-state index in [1.165, 1.54) is 6.39 Å². The number of halogens is 1. The zero-order valence-electron chi connectivity index (χ0n) is 6.97. The summed E-state index contributed by atoms with van der Waals surface area (Å²) < 4.78 is 26.8. The molecule has 0 N–H and O–H groups in total. The summed E-state index contributed by atoms with van der Waals surface area (Å²) in [6.45, 7) is 0. The molecule has 2 aromatic rings. The first-order valence-electron chi connectivity index (χ1n) is 3.80. The van der Waals surface area contributed by atoms with Crippen LogP contribution in [0.25, 0.3) is 11.1 Å². The number of para-hydroxylation sites is 1. The summed E-state index contributed by atoms with van der Waals surface area (Å²) in [6, 6.07) is 5.07. The lowest BCUT2D eigenvalue weighted by atomic mass is 10.2. The molecule has 14 heavy (non-hydrogen) atoms. The van der Waals surface area contributed by atoms with E-state index in [0.29, 0.717) is 16.7 Å². The quantitative estimate of drug-likeness (QED) is 0.741. The maximum Gasteiger partial charge on any atom is 0.236 e. The largest absolute Gasteiger partial charge is 0.443 e. The summed E-state index contributed by atoms with van der Waals surface area (Å²) in [7, 11) is 1.59. The fourth-order valence-corrected chi connectivity index (χ4v) is 2.20. The molecule has 2 rings (SSSR count). The Morgan fingerprint density at radius 1 is 1.43 bits per heavy atom. The normalized spacial score (nSPS) is 12.1. The number of rotatable bonds is 2. The molecule has 0 aliphatic carbocycles. The lowest BCUT2D eigenvalue weighted by molar-refractivity contribution is 0.602. The van der Waals surface area contributed by atoms with Gasteiger partial charge in [0, 0.05) is 10.7 Å². The van der Waals surface area contributed by atoms with Crippen molar-refractivity contribution < 1.29 is 12.8 Å². The van der Waals surface area contributed by atoms with Gasteiger partial charge in [0.15, 0.2) is 12.0 Å². The third kappa shape index (κ3) is 1.88. The van der Waals surface area contributed by atoms with Gasteiger partial charge in [0.1, 0.15) is 5.52 Å². The van der Waals surface area contributed by atoms with Crippen LogP contribution in [0.3, 0.4) is 0 Å². The minimum absolute atomic E-state index is 0.238. The van der Waals surface area contributed by atoms with Crippen LogP contribution in [0.15, 0.2) is 29.0 Å². The molecular formula is C8H6ClNO3S. The average Bonchev–Trinajstić information content (AvgIpc) is 2.49.